The molecule has 0 unspecified atom stereocenters. The number of hydrogen-bond acceptors (Lipinski definition) is 2. The van der Waals surface area contributed by atoms with Gasteiger partial charge in [-0.2, -0.15) is 0 Å². The zero-order chi connectivity index (χ0) is 13.7. The molecule has 2 atom stereocenters. The third kappa shape index (κ3) is 1.51. The molecule has 2 aliphatic carbocycles. The topological polar surface area (TPSA) is 34.1 Å². The molecule has 0 fully saturated rings. The number of carbonyl (C=O) groups is 2. The minimum absolute atomic E-state index is 0.159. The van der Waals surface area contributed by atoms with Crippen molar-refractivity contribution < 1.29 is 9.59 Å². The summed E-state index contributed by atoms with van der Waals surface area (Å²) in [5.74, 6) is 0.738. The second-order valence-corrected chi connectivity index (χ2v) is 5.64. The predicted molar refractivity (Wildman–Crippen MR) is 76.3 cm³/mol. The zero-order valence-electron chi connectivity index (χ0n) is 11.0. The van der Waals surface area contributed by atoms with Crippen molar-refractivity contribution in [3.8, 4) is 0 Å². The maximum atomic E-state index is 12.1. The molecule has 0 heterocycles. The van der Waals surface area contributed by atoms with Crippen LogP contribution in [0.25, 0.3) is 0 Å². The van der Waals surface area contributed by atoms with Crippen molar-refractivity contribution in [2.75, 3.05) is 0 Å². The highest BCUT2D eigenvalue weighted by atomic mass is 16.1. The molecule has 98 valence electrons. The molecule has 2 aromatic carbocycles. The van der Waals surface area contributed by atoms with Gasteiger partial charge in [-0.05, 0) is 23.0 Å². The Morgan fingerprint density at radius 2 is 1.05 bits per heavy atom. The molecule has 2 heteroatoms. The van der Waals surface area contributed by atoms with E-state index in [1.54, 1.807) is 0 Å². The van der Waals surface area contributed by atoms with Crippen molar-refractivity contribution >= 4 is 11.6 Å². The molecule has 0 aliphatic heterocycles. The Kier molecular flexibility index (Phi) is 2.40. The van der Waals surface area contributed by atoms with E-state index in [1.165, 1.54) is 0 Å². The highest BCUT2D eigenvalue weighted by Crippen LogP contribution is 2.48. The van der Waals surface area contributed by atoms with Crippen molar-refractivity contribution in [1.29, 1.82) is 0 Å². The average Bonchev–Trinajstić information content (AvgIpc) is 2.99. The smallest absolute Gasteiger partial charge is 0.163 e. The summed E-state index contributed by atoms with van der Waals surface area (Å²) in [6.45, 7) is 0. The van der Waals surface area contributed by atoms with Gasteiger partial charge >= 0.3 is 0 Å². The molecule has 0 bridgehead atoms. The summed E-state index contributed by atoms with van der Waals surface area (Å²) in [6, 6.07) is 15.7. The van der Waals surface area contributed by atoms with Crippen LogP contribution in [0.2, 0.25) is 0 Å². The minimum atomic E-state index is 0.159. The summed E-state index contributed by atoms with van der Waals surface area (Å²) in [5.41, 5.74) is 3.92. The molecule has 0 spiro atoms. The van der Waals surface area contributed by atoms with Crippen LogP contribution in [-0.4, -0.2) is 11.6 Å². The number of benzene rings is 2. The Morgan fingerprint density at radius 1 is 0.650 bits per heavy atom. The number of ketones is 2. The monoisotopic (exact) mass is 262 g/mol. The van der Waals surface area contributed by atoms with Crippen molar-refractivity contribution in [3.05, 3.63) is 70.8 Å². The molecule has 0 saturated heterocycles. The van der Waals surface area contributed by atoms with Gasteiger partial charge in [0, 0.05) is 24.0 Å². The van der Waals surface area contributed by atoms with Gasteiger partial charge in [0.25, 0.3) is 0 Å². The van der Waals surface area contributed by atoms with Gasteiger partial charge in [0.2, 0.25) is 0 Å². The lowest BCUT2D eigenvalue weighted by atomic mass is 9.83. The number of carbonyl (C=O) groups excluding carboxylic acids is 2. The molecule has 2 aliphatic rings. The van der Waals surface area contributed by atoms with Crippen LogP contribution in [0.5, 0.6) is 0 Å². The van der Waals surface area contributed by atoms with Gasteiger partial charge < -0.3 is 0 Å². The number of fused-ring (bicyclic) bond motifs is 2. The lowest BCUT2D eigenvalue weighted by Crippen LogP contribution is -2.06. The van der Waals surface area contributed by atoms with Gasteiger partial charge in [-0.1, -0.05) is 48.5 Å². The van der Waals surface area contributed by atoms with E-state index in [9.17, 15) is 9.59 Å². The van der Waals surface area contributed by atoms with Crippen molar-refractivity contribution in [3.63, 3.8) is 0 Å². The van der Waals surface area contributed by atoms with Gasteiger partial charge in [-0.25, -0.2) is 0 Å². The largest absolute Gasteiger partial charge is 0.294 e. The average molecular weight is 262 g/mol. The first kappa shape index (κ1) is 11.6. The quantitative estimate of drug-likeness (QED) is 0.784. The number of Topliss-reactive ketones (excluding diaryl/α,β-unsaturated/α-hetero) is 2. The van der Waals surface area contributed by atoms with E-state index in [2.05, 4.69) is 0 Å². The summed E-state index contributed by atoms with van der Waals surface area (Å²) in [6.07, 6.45) is 1.07. The molecular weight excluding hydrogens is 248 g/mol. The normalized spacial score (nSPS) is 23.8. The molecule has 0 saturated carbocycles. The van der Waals surface area contributed by atoms with Crippen molar-refractivity contribution in [2.24, 2.45) is 0 Å². The highest BCUT2D eigenvalue weighted by Gasteiger charge is 2.40. The van der Waals surface area contributed by atoms with Gasteiger partial charge in [0.1, 0.15) is 0 Å². The lowest BCUT2D eigenvalue weighted by Gasteiger charge is -2.19. The van der Waals surface area contributed by atoms with E-state index in [1.807, 2.05) is 48.5 Å². The van der Waals surface area contributed by atoms with Gasteiger partial charge in [0.05, 0.1) is 0 Å². The van der Waals surface area contributed by atoms with E-state index < -0.39 is 0 Å². The summed E-state index contributed by atoms with van der Waals surface area (Å²) in [5, 5.41) is 0. The fourth-order valence-corrected chi connectivity index (χ4v) is 3.71. The SMILES string of the molecule is O=C1C[C@@H]([C@H]2CC(=O)c3ccccc32)c2ccccc21. The maximum Gasteiger partial charge on any atom is 0.163 e. The van der Waals surface area contributed by atoms with Gasteiger partial charge in [-0.3, -0.25) is 9.59 Å². The Labute approximate surface area is 117 Å². The van der Waals surface area contributed by atoms with Crippen molar-refractivity contribution in [1.82, 2.24) is 0 Å². The lowest BCUT2D eigenvalue weighted by molar-refractivity contribution is 0.0963. The van der Waals surface area contributed by atoms with Crippen LogP contribution in [-0.2, 0) is 0 Å². The first-order valence-corrected chi connectivity index (χ1v) is 7.00. The second-order valence-electron chi connectivity index (χ2n) is 5.64. The number of hydrogen-bond donors (Lipinski definition) is 0. The molecule has 0 radical (unpaired) electrons. The Morgan fingerprint density at radius 3 is 1.50 bits per heavy atom. The van der Waals surface area contributed by atoms with E-state index >= 15 is 0 Å². The summed E-state index contributed by atoms with van der Waals surface area (Å²) < 4.78 is 0. The predicted octanol–water partition coefficient (Wildman–Crippen LogP) is 3.73. The fraction of sp³-hybridized carbons (Fsp3) is 0.222. The first-order valence-electron chi connectivity index (χ1n) is 7.00. The van der Waals surface area contributed by atoms with Crippen LogP contribution in [0, 0.1) is 0 Å². The van der Waals surface area contributed by atoms with Crippen LogP contribution in [0.4, 0.5) is 0 Å². The van der Waals surface area contributed by atoms with Crippen LogP contribution in [0.15, 0.2) is 48.5 Å². The third-order valence-electron chi connectivity index (χ3n) is 4.62. The Bertz CT molecular complexity index is 666. The van der Waals surface area contributed by atoms with E-state index in [0.29, 0.717) is 12.8 Å². The van der Waals surface area contributed by atoms with E-state index in [0.717, 1.165) is 22.3 Å². The zero-order valence-corrected chi connectivity index (χ0v) is 11.0. The van der Waals surface area contributed by atoms with Crippen molar-refractivity contribution in [2.45, 2.75) is 24.7 Å². The molecule has 20 heavy (non-hydrogen) atoms. The molecule has 0 aromatic heterocycles. The molecule has 0 amide bonds. The second kappa shape index (κ2) is 4.14. The van der Waals surface area contributed by atoms with Crippen LogP contribution >= 0.6 is 0 Å². The standard InChI is InChI=1S/C18H14O2/c19-17-9-15(11-5-1-3-7-13(11)17)16-10-18(20)14-8-4-2-6-12(14)16/h1-8,15-16H,9-10H2/t15-,16+. The van der Waals surface area contributed by atoms with E-state index in [-0.39, 0.29) is 23.4 Å². The van der Waals surface area contributed by atoms with E-state index in [4.69, 9.17) is 0 Å². The molecule has 4 rings (SSSR count). The molecule has 2 aromatic rings. The number of rotatable bonds is 1. The van der Waals surface area contributed by atoms with Crippen LogP contribution in [0.3, 0.4) is 0 Å². The van der Waals surface area contributed by atoms with Gasteiger partial charge in [0.15, 0.2) is 11.6 Å². The maximum absolute atomic E-state index is 12.1. The Hall–Kier alpha value is -2.22. The van der Waals surface area contributed by atoms with Gasteiger partial charge in [-0.15, -0.1) is 0 Å². The molecule has 2 nitrogen and oxygen atoms in total. The fourth-order valence-electron chi connectivity index (χ4n) is 3.71. The summed E-state index contributed by atoms with van der Waals surface area (Å²) in [4.78, 5) is 24.3. The summed E-state index contributed by atoms with van der Waals surface area (Å²) >= 11 is 0. The third-order valence-corrected chi connectivity index (χ3v) is 4.62. The van der Waals surface area contributed by atoms with Crippen LogP contribution in [0.1, 0.15) is 56.5 Å². The summed E-state index contributed by atoms with van der Waals surface area (Å²) in [7, 11) is 0. The molecular formula is C18H14O2. The van der Waals surface area contributed by atoms with Crippen LogP contribution < -0.4 is 0 Å². The minimum Gasteiger partial charge on any atom is -0.294 e. The first-order chi connectivity index (χ1) is 9.75. The molecule has 0 N–H and O–H groups in total. The Balaban J connectivity index is 1.82. The highest BCUT2D eigenvalue weighted by molar-refractivity contribution is 6.04.